The van der Waals surface area contributed by atoms with Gasteiger partial charge in [0.15, 0.2) is 11.5 Å². The Hall–Kier alpha value is -1.60. The van der Waals surface area contributed by atoms with Gasteiger partial charge in [0.2, 0.25) is 0 Å². The predicted octanol–water partition coefficient (Wildman–Crippen LogP) is 1.50. The first kappa shape index (κ1) is 14.8. The van der Waals surface area contributed by atoms with Gasteiger partial charge in [-0.15, -0.1) is 11.8 Å². The van der Waals surface area contributed by atoms with Crippen LogP contribution in [-0.4, -0.2) is 44.2 Å². The molecule has 7 heteroatoms. The molecule has 1 heterocycles. The molecule has 1 aromatic rings. The number of carboxylic acid groups (broad SMARTS) is 1. The van der Waals surface area contributed by atoms with Crippen molar-refractivity contribution in [2.45, 2.75) is 11.4 Å². The third kappa shape index (κ3) is 2.78. The van der Waals surface area contributed by atoms with Gasteiger partial charge in [-0.2, -0.15) is 0 Å². The van der Waals surface area contributed by atoms with Crippen molar-refractivity contribution >= 4 is 17.7 Å². The largest absolute Gasteiger partial charge is 0.496 e. The molecule has 0 aromatic heterocycles. The minimum atomic E-state index is -0.848. The summed E-state index contributed by atoms with van der Waals surface area (Å²) in [6, 6.07) is 3.00. The maximum absolute atomic E-state index is 11.0. The van der Waals surface area contributed by atoms with E-state index in [1.807, 2.05) is 6.07 Å². The Bertz CT molecular complexity index is 508. The second-order valence-corrected chi connectivity index (χ2v) is 5.36. The highest BCUT2D eigenvalue weighted by molar-refractivity contribution is 7.99. The summed E-state index contributed by atoms with van der Waals surface area (Å²) in [6.07, 6.45) is 0. The van der Waals surface area contributed by atoms with E-state index in [1.54, 1.807) is 27.4 Å². The van der Waals surface area contributed by atoms with Gasteiger partial charge >= 0.3 is 5.97 Å². The molecular formula is C13H17NO5S. The molecule has 110 valence electrons. The molecule has 1 aliphatic heterocycles. The first-order valence-electron chi connectivity index (χ1n) is 6.01. The van der Waals surface area contributed by atoms with Crippen LogP contribution >= 0.6 is 11.8 Å². The number of thioether (sulfide) groups is 1. The fourth-order valence-corrected chi connectivity index (χ4v) is 3.30. The predicted molar refractivity (Wildman–Crippen MR) is 75.9 cm³/mol. The standard InChI is InChI=1S/C13H17NO5S/c1-17-9-5-11(19-3)10(18-2)4-7(9)12-14-8(6-20-12)13(15)16/h4-5,8,12,14H,6H2,1-3H3,(H,15,16)/t8-,12?/m1/s1. The number of rotatable bonds is 5. The average Bonchev–Trinajstić information content (AvgIpc) is 2.95. The summed E-state index contributed by atoms with van der Waals surface area (Å²) in [5.41, 5.74) is 0.846. The lowest BCUT2D eigenvalue weighted by atomic mass is 10.1. The van der Waals surface area contributed by atoms with Crippen LogP contribution in [0.5, 0.6) is 17.2 Å². The van der Waals surface area contributed by atoms with Gasteiger partial charge in [-0.1, -0.05) is 0 Å². The molecule has 1 aliphatic rings. The van der Waals surface area contributed by atoms with E-state index >= 15 is 0 Å². The minimum Gasteiger partial charge on any atom is -0.496 e. The van der Waals surface area contributed by atoms with Gasteiger partial charge in [0.25, 0.3) is 0 Å². The van der Waals surface area contributed by atoms with Crippen molar-refractivity contribution in [2.75, 3.05) is 27.1 Å². The van der Waals surface area contributed by atoms with Crippen LogP contribution < -0.4 is 19.5 Å². The minimum absolute atomic E-state index is 0.147. The van der Waals surface area contributed by atoms with Gasteiger partial charge in [0.05, 0.1) is 26.7 Å². The number of hydrogen-bond donors (Lipinski definition) is 2. The third-order valence-electron chi connectivity index (χ3n) is 3.10. The van der Waals surface area contributed by atoms with Gasteiger partial charge in [-0.25, -0.2) is 0 Å². The normalized spacial score (nSPS) is 21.6. The summed E-state index contributed by atoms with van der Waals surface area (Å²) < 4.78 is 15.9. The second kappa shape index (κ2) is 6.23. The van der Waals surface area contributed by atoms with Crippen molar-refractivity contribution in [3.63, 3.8) is 0 Å². The van der Waals surface area contributed by atoms with Gasteiger partial charge in [-0.3, -0.25) is 10.1 Å². The average molecular weight is 299 g/mol. The van der Waals surface area contributed by atoms with Crippen molar-refractivity contribution in [3.8, 4) is 17.2 Å². The number of nitrogens with one attached hydrogen (secondary N) is 1. The number of carbonyl (C=O) groups is 1. The Morgan fingerprint density at radius 3 is 2.30 bits per heavy atom. The van der Waals surface area contributed by atoms with Crippen LogP contribution in [0, 0.1) is 0 Å². The van der Waals surface area contributed by atoms with E-state index < -0.39 is 12.0 Å². The quantitative estimate of drug-likeness (QED) is 0.853. The molecular weight excluding hydrogens is 282 g/mol. The molecule has 0 bridgehead atoms. The van der Waals surface area contributed by atoms with Crippen LogP contribution in [0.2, 0.25) is 0 Å². The Morgan fingerprint density at radius 2 is 1.80 bits per heavy atom. The summed E-state index contributed by atoms with van der Waals surface area (Å²) >= 11 is 1.53. The lowest BCUT2D eigenvalue weighted by molar-refractivity contribution is -0.138. The fourth-order valence-electron chi connectivity index (χ4n) is 2.05. The Balaban J connectivity index is 2.33. The lowest BCUT2D eigenvalue weighted by Gasteiger charge is -2.18. The maximum atomic E-state index is 11.0. The smallest absolute Gasteiger partial charge is 0.321 e. The van der Waals surface area contributed by atoms with E-state index in [0.29, 0.717) is 23.0 Å². The van der Waals surface area contributed by atoms with Crippen LogP contribution in [0.25, 0.3) is 0 Å². The summed E-state index contributed by atoms with van der Waals surface area (Å²) in [5, 5.41) is 11.9. The molecule has 0 amide bonds. The van der Waals surface area contributed by atoms with Gasteiger partial charge < -0.3 is 19.3 Å². The number of benzene rings is 1. The molecule has 0 radical (unpaired) electrons. The first-order chi connectivity index (χ1) is 9.60. The molecule has 1 saturated heterocycles. The Kier molecular flexibility index (Phi) is 4.61. The zero-order valence-corrected chi connectivity index (χ0v) is 12.3. The van der Waals surface area contributed by atoms with E-state index in [9.17, 15) is 4.79 Å². The zero-order valence-electron chi connectivity index (χ0n) is 11.5. The summed E-state index contributed by atoms with van der Waals surface area (Å²) in [4.78, 5) is 11.0. The number of aliphatic carboxylic acids is 1. The van der Waals surface area contributed by atoms with E-state index in [2.05, 4.69) is 5.32 Å². The summed E-state index contributed by atoms with van der Waals surface area (Å²) in [6.45, 7) is 0. The van der Waals surface area contributed by atoms with Crippen molar-refractivity contribution in [2.24, 2.45) is 0 Å². The molecule has 2 N–H and O–H groups in total. The summed E-state index contributed by atoms with van der Waals surface area (Å²) in [5.74, 6) is 1.46. The van der Waals surface area contributed by atoms with Crippen LogP contribution in [0.4, 0.5) is 0 Å². The second-order valence-electron chi connectivity index (χ2n) is 4.22. The molecule has 0 aliphatic carbocycles. The molecule has 1 unspecified atom stereocenters. The van der Waals surface area contributed by atoms with Crippen LogP contribution in [0.1, 0.15) is 10.9 Å². The highest BCUT2D eigenvalue weighted by Gasteiger charge is 2.32. The highest BCUT2D eigenvalue weighted by atomic mass is 32.2. The van der Waals surface area contributed by atoms with Crippen LogP contribution in [0.3, 0.4) is 0 Å². The van der Waals surface area contributed by atoms with Crippen molar-refractivity contribution in [1.82, 2.24) is 5.32 Å². The molecule has 0 saturated carbocycles. The first-order valence-corrected chi connectivity index (χ1v) is 7.06. The Morgan fingerprint density at radius 1 is 1.20 bits per heavy atom. The molecule has 6 nitrogen and oxygen atoms in total. The maximum Gasteiger partial charge on any atom is 0.321 e. The molecule has 2 rings (SSSR count). The number of hydrogen-bond acceptors (Lipinski definition) is 6. The zero-order chi connectivity index (χ0) is 14.7. The molecule has 1 aromatic carbocycles. The molecule has 20 heavy (non-hydrogen) atoms. The van der Waals surface area contributed by atoms with Gasteiger partial charge in [0.1, 0.15) is 11.8 Å². The topological polar surface area (TPSA) is 77.0 Å². The summed E-state index contributed by atoms with van der Waals surface area (Å²) in [7, 11) is 4.68. The Labute approximate surface area is 121 Å². The van der Waals surface area contributed by atoms with Gasteiger partial charge in [0, 0.05) is 17.4 Å². The van der Waals surface area contributed by atoms with Crippen molar-refractivity contribution in [3.05, 3.63) is 17.7 Å². The van der Waals surface area contributed by atoms with Crippen LogP contribution in [-0.2, 0) is 4.79 Å². The number of methoxy groups -OCH3 is 3. The monoisotopic (exact) mass is 299 g/mol. The van der Waals surface area contributed by atoms with Crippen LogP contribution in [0.15, 0.2) is 12.1 Å². The fraction of sp³-hybridized carbons (Fsp3) is 0.462. The molecule has 1 fully saturated rings. The third-order valence-corrected chi connectivity index (χ3v) is 4.35. The van der Waals surface area contributed by atoms with E-state index in [0.717, 1.165) is 5.56 Å². The van der Waals surface area contributed by atoms with Gasteiger partial charge in [-0.05, 0) is 6.07 Å². The molecule has 0 spiro atoms. The van der Waals surface area contributed by atoms with E-state index in [-0.39, 0.29) is 5.37 Å². The van der Waals surface area contributed by atoms with E-state index in [4.69, 9.17) is 19.3 Å². The number of carboxylic acids is 1. The van der Waals surface area contributed by atoms with Crippen molar-refractivity contribution in [1.29, 1.82) is 0 Å². The SMILES string of the molecule is COc1cc(OC)c(C2N[C@@H](C(=O)O)CS2)cc1OC. The molecule has 2 atom stereocenters. The number of ether oxygens (including phenoxy) is 3. The van der Waals surface area contributed by atoms with E-state index in [1.165, 1.54) is 11.8 Å². The lowest BCUT2D eigenvalue weighted by Crippen LogP contribution is -2.33. The van der Waals surface area contributed by atoms with Crippen molar-refractivity contribution < 1.29 is 24.1 Å². The highest BCUT2D eigenvalue weighted by Crippen LogP contribution is 2.43.